The molecule has 1 aliphatic rings. The number of carbonyl (C=O) groups is 2. The first-order valence-electron chi connectivity index (χ1n) is 8.91. The van der Waals surface area contributed by atoms with Crippen LogP contribution in [0, 0.1) is 0 Å². The molecule has 3 aromatic rings. The van der Waals surface area contributed by atoms with Crippen LogP contribution in [0.2, 0.25) is 5.02 Å². The quantitative estimate of drug-likeness (QED) is 0.711. The van der Waals surface area contributed by atoms with Crippen LogP contribution in [-0.2, 0) is 4.79 Å². The molecule has 0 spiro atoms. The summed E-state index contributed by atoms with van der Waals surface area (Å²) in [4.78, 5) is 37.0. The highest BCUT2D eigenvalue weighted by Gasteiger charge is 2.28. The molecule has 28 heavy (non-hydrogen) atoms. The fourth-order valence-electron chi connectivity index (χ4n) is 3.04. The van der Waals surface area contributed by atoms with Crippen molar-refractivity contribution in [2.45, 2.75) is 25.8 Å². The molecule has 1 aliphatic carbocycles. The molecule has 4 rings (SSSR count). The topological polar surface area (TPSA) is 94.1 Å². The molecule has 0 bridgehead atoms. The van der Waals surface area contributed by atoms with Crippen molar-refractivity contribution in [3.05, 3.63) is 47.2 Å². The average Bonchev–Trinajstić information content (AvgIpc) is 2.66. The number of hydrogen-bond donors (Lipinski definition) is 1. The van der Waals surface area contributed by atoms with Crippen molar-refractivity contribution in [2.24, 2.45) is 0 Å². The fraction of sp³-hybridized carbons (Fsp3) is 0.250. The SMILES string of the molecule is CCOc1ncc(-c2cc(C(=O)NC3CC(=O)C3)c3ccc(Cl)cc3n2)cn1. The van der Waals surface area contributed by atoms with Gasteiger partial charge in [0, 0.05) is 47.2 Å². The Hall–Kier alpha value is -3.06. The number of nitrogens with zero attached hydrogens (tertiary/aromatic N) is 3. The summed E-state index contributed by atoms with van der Waals surface area (Å²) in [6, 6.07) is 7.05. The van der Waals surface area contributed by atoms with Crippen molar-refractivity contribution in [3.8, 4) is 17.3 Å². The van der Waals surface area contributed by atoms with Gasteiger partial charge in [-0.15, -0.1) is 0 Å². The summed E-state index contributed by atoms with van der Waals surface area (Å²) in [5.41, 5.74) is 2.25. The smallest absolute Gasteiger partial charge is 0.316 e. The minimum Gasteiger partial charge on any atom is -0.464 e. The van der Waals surface area contributed by atoms with Crippen molar-refractivity contribution < 1.29 is 14.3 Å². The van der Waals surface area contributed by atoms with Gasteiger partial charge >= 0.3 is 6.01 Å². The third-order valence-electron chi connectivity index (χ3n) is 4.50. The number of ketones is 1. The van der Waals surface area contributed by atoms with E-state index in [1.165, 1.54) is 0 Å². The van der Waals surface area contributed by atoms with Crippen LogP contribution >= 0.6 is 11.6 Å². The van der Waals surface area contributed by atoms with Gasteiger partial charge in [0.1, 0.15) is 5.78 Å². The number of aromatic nitrogens is 3. The normalized spacial score (nSPS) is 14.0. The second kappa shape index (κ2) is 7.52. The van der Waals surface area contributed by atoms with Gasteiger partial charge in [0.2, 0.25) is 0 Å². The number of rotatable bonds is 5. The maximum absolute atomic E-state index is 12.8. The predicted molar refractivity (Wildman–Crippen MR) is 104 cm³/mol. The van der Waals surface area contributed by atoms with Gasteiger partial charge in [0.05, 0.1) is 23.4 Å². The van der Waals surface area contributed by atoms with E-state index in [2.05, 4.69) is 20.3 Å². The Balaban J connectivity index is 1.74. The van der Waals surface area contributed by atoms with Crippen molar-refractivity contribution >= 4 is 34.2 Å². The Kier molecular flexibility index (Phi) is 4.92. The van der Waals surface area contributed by atoms with Gasteiger partial charge in [0.15, 0.2) is 0 Å². The highest BCUT2D eigenvalue weighted by Crippen LogP contribution is 2.27. The number of benzene rings is 1. The summed E-state index contributed by atoms with van der Waals surface area (Å²) in [6.07, 6.45) is 3.95. The number of Topliss-reactive ketones (excluding diaryl/α,β-unsaturated/α-hetero) is 1. The van der Waals surface area contributed by atoms with Crippen LogP contribution < -0.4 is 10.1 Å². The lowest BCUT2D eigenvalue weighted by atomic mass is 9.91. The van der Waals surface area contributed by atoms with E-state index in [4.69, 9.17) is 16.3 Å². The number of carbonyl (C=O) groups excluding carboxylic acids is 2. The molecule has 142 valence electrons. The molecule has 7 nitrogen and oxygen atoms in total. The Morgan fingerprint density at radius 1 is 1.25 bits per heavy atom. The number of pyridine rings is 1. The molecule has 0 atom stereocenters. The molecule has 0 radical (unpaired) electrons. The van der Waals surface area contributed by atoms with Gasteiger partial charge in [-0.25, -0.2) is 15.0 Å². The summed E-state index contributed by atoms with van der Waals surface area (Å²) in [6.45, 7) is 2.33. The summed E-state index contributed by atoms with van der Waals surface area (Å²) in [7, 11) is 0. The Labute approximate surface area is 166 Å². The van der Waals surface area contributed by atoms with Gasteiger partial charge in [-0.2, -0.15) is 0 Å². The van der Waals surface area contributed by atoms with E-state index in [1.807, 2.05) is 6.92 Å². The molecule has 0 unspecified atom stereocenters. The Morgan fingerprint density at radius 3 is 2.68 bits per heavy atom. The third-order valence-corrected chi connectivity index (χ3v) is 4.73. The van der Waals surface area contributed by atoms with Crippen molar-refractivity contribution in [2.75, 3.05) is 6.61 Å². The first-order chi connectivity index (χ1) is 13.5. The van der Waals surface area contributed by atoms with Gasteiger partial charge < -0.3 is 10.1 Å². The van der Waals surface area contributed by atoms with Crippen molar-refractivity contribution in [1.82, 2.24) is 20.3 Å². The van der Waals surface area contributed by atoms with E-state index in [0.29, 0.717) is 52.2 Å². The minimum atomic E-state index is -0.250. The lowest BCUT2D eigenvalue weighted by molar-refractivity contribution is -0.124. The van der Waals surface area contributed by atoms with E-state index in [0.717, 1.165) is 0 Å². The second-order valence-corrected chi connectivity index (χ2v) is 6.96. The van der Waals surface area contributed by atoms with Crippen LogP contribution in [0.1, 0.15) is 30.1 Å². The highest BCUT2D eigenvalue weighted by atomic mass is 35.5. The van der Waals surface area contributed by atoms with Crippen LogP contribution in [0.4, 0.5) is 0 Å². The summed E-state index contributed by atoms with van der Waals surface area (Å²) in [5.74, 6) is -0.0933. The lowest BCUT2D eigenvalue weighted by Gasteiger charge is -2.25. The van der Waals surface area contributed by atoms with Crippen LogP contribution in [0.15, 0.2) is 36.7 Å². The van der Waals surface area contributed by atoms with Crippen molar-refractivity contribution in [3.63, 3.8) is 0 Å². The molecule has 2 heterocycles. The number of nitrogens with one attached hydrogen (secondary N) is 1. The van der Waals surface area contributed by atoms with Gasteiger partial charge in [-0.05, 0) is 25.1 Å². The molecule has 1 saturated carbocycles. The number of fused-ring (bicyclic) bond motifs is 1. The molecule has 0 saturated heterocycles. The standard InChI is InChI=1S/C20H17ClN4O3/c1-2-28-20-22-9-11(10-23-20)17-8-16(19(27)24-13-6-14(26)7-13)15-4-3-12(21)5-18(15)25-17/h3-5,8-10,13H,2,6-7H2,1H3,(H,24,27). The van der Waals surface area contributed by atoms with E-state index >= 15 is 0 Å². The molecule has 1 amide bonds. The zero-order valence-electron chi connectivity index (χ0n) is 15.1. The van der Waals surface area contributed by atoms with Gasteiger partial charge in [-0.3, -0.25) is 9.59 Å². The first kappa shape index (κ1) is 18.3. The van der Waals surface area contributed by atoms with Crippen LogP contribution in [0.25, 0.3) is 22.2 Å². The molecular formula is C20H17ClN4O3. The molecule has 1 N–H and O–H groups in total. The number of halogens is 1. The molecular weight excluding hydrogens is 380 g/mol. The third kappa shape index (κ3) is 3.66. The lowest BCUT2D eigenvalue weighted by Crippen LogP contribution is -2.44. The Bertz CT molecular complexity index is 1060. The van der Waals surface area contributed by atoms with E-state index in [9.17, 15) is 9.59 Å². The van der Waals surface area contributed by atoms with Gasteiger partial charge in [-0.1, -0.05) is 17.7 Å². The number of amides is 1. The highest BCUT2D eigenvalue weighted by molar-refractivity contribution is 6.31. The van der Waals surface area contributed by atoms with Crippen LogP contribution in [-0.4, -0.2) is 39.3 Å². The molecule has 8 heteroatoms. The summed E-state index contributed by atoms with van der Waals surface area (Å²) >= 11 is 6.12. The maximum atomic E-state index is 12.8. The zero-order valence-corrected chi connectivity index (χ0v) is 15.9. The molecule has 2 aromatic heterocycles. The fourth-order valence-corrected chi connectivity index (χ4v) is 3.21. The van der Waals surface area contributed by atoms with Crippen LogP contribution in [0.3, 0.4) is 0 Å². The maximum Gasteiger partial charge on any atom is 0.316 e. The zero-order chi connectivity index (χ0) is 19.7. The monoisotopic (exact) mass is 396 g/mol. The molecule has 0 aliphatic heterocycles. The largest absolute Gasteiger partial charge is 0.464 e. The molecule has 1 aromatic carbocycles. The molecule has 1 fully saturated rings. The Morgan fingerprint density at radius 2 is 2.00 bits per heavy atom. The van der Waals surface area contributed by atoms with Crippen molar-refractivity contribution in [1.29, 1.82) is 0 Å². The predicted octanol–water partition coefficient (Wildman–Crippen LogP) is 3.21. The van der Waals surface area contributed by atoms with E-state index in [-0.39, 0.29) is 23.7 Å². The van der Waals surface area contributed by atoms with E-state index < -0.39 is 0 Å². The average molecular weight is 397 g/mol. The number of ether oxygens (including phenoxy) is 1. The summed E-state index contributed by atoms with van der Waals surface area (Å²) < 4.78 is 5.26. The van der Waals surface area contributed by atoms with E-state index in [1.54, 1.807) is 36.7 Å². The number of hydrogen-bond acceptors (Lipinski definition) is 6. The van der Waals surface area contributed by atoms with Gasteiger partial charge in [0.25, 0.3) is 5.91 Å². The summed E-state index contributed by atoms with van der Waals surface area (Å²) in [5, 5.41) is 4.11. The first-order valence-corrected chi connectivity index (χ1v) is 9.29. The second-order valence-electron chi connectivity index (χ2n) is 6.52. The van der Waals surface area contributed by atoms with Crippen LogP contribution in [0.5, 0.6) is 6.01 Å². The minimum absolute atomic E-state index is 0.118.